The van der Waals surface area contributed by atoms with E-state index in [4.69, 9.17) is 23.2 Å². The standard InChI is InChI=1S/C15H13BrCl2/c1-10-2-5-12(6-3-10)13(16)8-11-4-7-14(17)15(18)9-11/h2-7,9,13H,8H2,1H3. The molecule has 0 bridgehead atoms. The predicted octanol–water partition coefficient (Wildman–Crippen LogP) is 5.98. The maximum atomic E-state index is 6.02. The lowest BCUT2D eigenvalue weighted by Crippen LogP contribution is -1.95. The molecule has 3 heteroatoms. The van der Waals surface area contributed by atoms with E-state index in [1.54, 1.807) is 0 Å². The first kappa shape index (κ1) is 13.9. The highest BCUT2D eigenvalue weighted by Crippen LogP contribution is 2.30. The summed E-state index contributed by atoms with van der Waals surface area (Å²) >= 11 is 15.6. The largest absolute Gasteiger partial charge is 0.0835 e. The maximum absolute atomic E-state index is 6.02. The quantitative estimate of drug-likeness (QED) is 0.601. The summed E-state index contributed by atoms with van der Waals surface area (Å²) in [5, 5.41) is 1.21. The van der Waals surface area contributed by atoms with Crippen LogP contribution >= 0.6 is 39.1 Å². The van der Waals surface area contributed by atoms with Crippen LogP contribution in [0.4, 0.5) is 0 Å². The van der Waals surface area contributed by atoms with E-state index in [0.29, 0.717) is 10.0 Å². The van der Waals surface area contributed by atoms with Crippen molar-refractivity contribution in [2.75, 3.05) is 0 Å². The Balaban J connectivity index is 2.13. The minimum absolute atomic E-state index is 0.287. The van der Waals surface area contributed by atoms with Gasteiger partial charge in [0, 0.05) is 4.83 Å². The van der Waals surface area contributed by atoms with Crippen LogP contribution in [-0.4, -0.2) is 0 Å². The van der Waals surface area contributed by atoms with Gasteiger partial charge in [-0.1, -0.05) is 75.0 Å². The van der Waals surface area contributed by atoms with Crippen LogP contribution in [0.3, 0.4) is 0 Å². The molecule has 0 aliphatic rings. The summed E-state index contributed by atoms with van der Waals surface area (Å²) in [6, 6.07) is 14.3. The fourth-order valence-electron chi connectivity index (χ4n) is 1.77. The second kappa shape index (κ2) is 6.10. The van der Waals surface area contributed by atoms with E-state index >= 15 is 0 Å². The number of hydrogen-bond acceptors (Lipinski definition) is 0. The van der Waals surface area contributed by atoms with E-state index in [9.17, 15) is 0 Å². The fourth-order valence-corrected chi connectivity index (χ4v) is 2.77. The van der Waals surface area contributed by atoms with Gasteiger partial charge in [0.15, 0.2) is 0 Å². The molecule has 0 radical (unpaired) electrons. The molecule has 94 valence electrons. The summed E-state index contributed by atoms with van der Waals surface area (Å²) in [5.41, 5.74) is 3.71. The molecule has 0 aliphatic carbocycles. The number of hydrogen-bond donors (Lipinski definition) is 0. The molecule has 0 amide bonds. The van der Waals surface area contributed by atoms with E-state index < -0.39 is 0 Å². The van der Waals surface area contributed by atoms with E-state index in [1.807, 2.05) is 18.2 Å². The second-order valence-electron chi connectivity index (χ2n) is 4.33. The van der Waals surface area contributed by atoms with Gasteiger partial charge in [-0.3, -0.25) is 0 Å². The van der Waals surface area contributed by atoms with Crippen LogP contribution in [-0.2, 0) is 6.42 Å². The highest BCUT2D eigenvalue weighted by atomic mass is 79.9. The molecule has 0 aliphatic heterocycles. The van der Waals surface area contributed by atoms with Crippen molar-refractivity contribution in [1.29, 1.82) is 0 Å². The number of alkyl halides is 1. The third-order valence-electron chi connectivity index (χ3n) is 2.84. The Morgan fingerprint density at radius 1 is 1.00 bits per heavy atom. The highest BCUT2D eigenvalue weighted by molar-refractivity contribution is 9.09. The molecule has 0 heterocycles. The van der Waals surface area contributed by atoms with Gasteiger partial charge in [-0.25, -0.2) is 0 Å². The molecule has 18 heavy (non-hydrogen) atoms. The molecular weight excluding hydrogens is 331 g/mol. The molecule has 0 nitrogen and oxygen atoms in total. The van der Waals surface area contributed by atoms with Crippen LogP contribution in [0.2, 0.25) is 10.0 Å². The molecule has 0 fully saturated rings. The lowest BCUT2D eigenvalue weighted by molar-refractivity contribution is 0.948. The van der Waals surface area contributed by atoms with Crippen molar-refractivity contribution in [3.63, 3.8) is 0 Å². The van der Waals surface area contributed by atoms with Crippen molar-refractivity contribution in [1.82, 2.24) is 0 Å². The summed E-state index contributed by atoms with van der Waals surface area (Å²) < 4.78 is 0. The fraction of sp³-hybridized carbons (Fsp3) is 0.200. The minimum Gasteiger partial charge on any atom is -0.0835 e. The monoisotopic (exact) mass is 342 g/mol. The number of rotatable bonds is 3. The van der Waals surface area contributed by atoms with Crippen LogP contribution < -0.4 is 0 Å². The van der Waals surface area contributed by atoms with Crippen LogP contribution in [0.1, 0.15) is 21.5 Å². The van der Waals surface area contributed by atoms with Gasteiger partial charge in [0.05, 0.1) is 10.0 Å². The molecule has 0 saturated heterocycles. The van der Waals surface area contributed by atoms with Gasteiger partial charge in [0.25, 0.3) is 0 Å². The molecule has 0 aromatic heterocycles. The van der Waals surface area contributed by atoms with Crippen molar-refractivity contribution >= 4 is 39.1 Å². The number of benzene rings is 2. The first-order valence-corrected chi connectivity index (χ1v) is 7.38. The molecule has 2 aromatic rings. The molecule has 1 unspecified atom stereocenters. The van der Waals surface area contributed by atoms with Gasteiger partial charge in [-0.2, -0.15) is 0 Å². The first-order chi connectivity index (χ1) is 8.56. The second-order valence-corrected chi connectivity index (χ2v) is 6.25. The Hall–Kier alpha value is -0.500. The van der Waals surface area contributed by atoms with Crippen LogP contribution in [0, 0.1) is 6.92 Å². The average Bonchev–Trinajstić information content (AvgIpc) is 2.34. The summed E-state index contributed by atoms with van der Waals surface area (Å²) in [7, 11) is 0. The molecule has 0 spiro atoms. The summed E-state index contributed by atoms with van der Waals surface area (Å²) in [6.45, 7) is 2.09. The number of halogens is 3. The van der Waals surface area contributed by atoms with Crippen molar-refractivity contribution in [2.45, 2.75) is 18.2 Å². The normalized spacial score (nSPS) is 12.4. The highest BCUT2D eigenvalue weighted by Gasteiger charge is 2.09. The van der Waals surface area contributed by atoms with Gasteiger partial charge in [0.1, 0.15) is 0 Å². The van der Waals surface area contributed by atoms with Crippen LogP contribution in [0.5, 0.6) is 0 Å². The SMILES string of the molecule is Cc1ccc(C(Br)Cc2ccc(Cl)c(Cl)c2)cc1. The van der Waals surface area contributed by atoms with Gasteiger partial charge >= 0.3 is 0 Å². The van der Waals surface area contributed by atoms with E-state index in [2.05, 4.69) is 47.1 Å². The van der Waals surface area contributed by atoms with Gasteiger partial charge in [-0.05, 0) is 36.6 Å². The van der Waals surface area contributed by atoms with Crippen molar-refractivity contribution in [3.05, 3.63) is 69.2 Å². The first-order valence-electron chi connectivity index (χ1n) is 5.71. The van der Waals surface area contributed by atoms with E-state index in [1.165, 1.54) is 16.7 Å². The molecule has 0 saturated carbocycles. The predicted molar refractivity (Wildman–Crippen MR) is 83.0 cm³/mol. The van der Waals surface area contributed by atoms with E-state index in [0.717, 1.165) is 6.42 Å². The third kappa shape index (κ3) is 3.50. The number of aryl methyl sites for hydroxylation is 1. The third-order valence-corrected chi connectivity index (χ3v) is 4.43. The Bertz CT molecular complexity index is 535. The molecular formula is C15H13BrCl2. The minimum atomic E-state index is 0.287. The topological polar surface area (TPSA) is 0 Å². The zero-order valence-corrected chi connectivity index (χ0v) is 13.1. The van der Waals surface area contributed by atoms with Crippen molar-refractivity contribution in [3.8, 4) is 0 Å². The van der Waals surface area contributed by atoms with Crippen molar-refractivity contribution < 1.29 is 0 Å². The Labute approximate surface area is 126 Å². The molecule has 0 N–H and O–H groups in total. The zero-order chi connectivity index (χ0) is 13.1. The average molecular weight is 344 g/mol. The van der Waals surface area contributed by atoms with Gasteiger partial charge < -0.3 is 0 Å². The summed E-state index contributed by atoms with van der Waals surface area (Å²) in [4.78, 5) is 0.287. The van der Waals surface area contributed by atoms with Gasteiger partial charge in [-0.15, -0.1) is 0 Å². The molecule has 2 aromatic carbocycles. The lowest BCUT2D eigenvalue weighted by atomic mass is 10.0. The summed E-state index contributed by atoms with van der Waals surface area (Å²) in [6.07, 6.45) is 0.889. The van der Waals surface area contributed by atoms with Crippen LogP contribution in [0.15, 0.2) is 42.5 Å². The zero-order valence-electron chi connectivity index (χ0n) is 9.96. The summed E-state index contributed by atoms with van der Waals surface area (Å²) in [5.74, 6) is 0. The Morgan fingerprint density at radius 2 is 1.67 bits per heavy atom. The Kier molecular flexibility index (Phi) is 4.71. The smallest absolute Gasteiger partial charge is 0.0595 e. The molecule has 1 atom stereocenters. The molecule has 2 rings (SSSR count). The maximum Gasteiger partial charge on any atom is 0.0595 e. The lowest BCUT2D eigenvalue weighted by Gasteiger charge is -2.11. The van der Waals surface area contributed by atoms with Gasteiger partial charge in [0.2, 0.25) is 0 Å². The Morgan fingerprint density at radius 3 is 2.28 bits per heavy atom. The van der Waals surface area contributed by atoms with E-state index in [-0.39, 0.29) is 4.83 Å². The van der Waals surface area contributed by atoms with Crippen molar-refractivity contribution in [2.24, 2.45) is 0 Å². The van der Waals surface area contributed by atoms with Crippen LogP contribution in [0.25, 0.3) is 0 Å².